The largest absolute Gasteiger partial charge is 0.444 e. The van der Waals surface area contributed by atoms with E-state index in [4.69, 9.17) is 4.74 Å². The molecule has 3 N–H and O–H groups in total. The number of rotatable bonds is 7. The minimum atomic E-state index is -0.476. The van der Waals surface area contributed by atoms with Gasteiger partial charge in [0.2, 0.25) is 0 Å². The highest BCUT2D eigenvalue weighted by atomic mass is 16.6. The molecule has 1 fully saturated rings. The van der Waals surface area contributed by atoms with Gasteiger partial charge < -0.3 is 25.6 Å². The number of hydrogen-bond acceptors (Lipinski definition) is 5. The number of hydrogen-bond donors (Lipinski definition) is 3. The second kappa shape index (κ2) is 10.7. The highest BCUT2D eigenvalue weighted by Gasteiger charge is 2.15. The highest BCUT2D eigenvalue weighted by molar-refractivity contribution is 5.79. The summed E-state index contributed by atoms with van der Waals surface area (Å²) >= 11 is 0. The molecule has 8 nitrogen and oxygen atoms in total. The lowest BCUT2D eigenvalue weighted by atomic mass is 10.2. The van der Waals surface area contributed by atoms with E-state index in [2.05, 4.69) is 43.0 Å². The molecule has 1 aromatic rings. The minimum Gasteiger partial charge on any atom is -0.444 e. The van der Waals surface area contributed by atoms with Crippen molar-refractivity contribution in [3.63, 3.8) is 0 Å². The Bertz CT molecular complexity index is 633. The molecule has 1 aromatic heterocycles. The second-order valence-electron chi connectivity index (χ2n) is 7.85. The van der Waals surface area contributed by atoms with Gasteiger partial charge in [0, 0.05) is 46.0 Å². The molecular weight excluding hydrogens is 356 g/mol. The summed E-state index contributed by atoms with van der Waals surface area (Å²) in [4.78, 5) is 22.7. The number of alkyl carbamates (subject to hydrolysis) is 1. The van der Waals surface area contributed by atoms with Crippen molar-refractivity contribution in [2.75, 3.05) is 38.1 Å². The van der Waals surface area contributed by atoms with Gasteiger partial charge in [-0.2, -0.15) is 0 Å². The maximum atomic E-state index is 11.6. The minimum absolute atomic E-state index is 0.389. The van der Waals surface area contributed by atoms with Crippen molar-refractivity contribution >= 4 is 17.9 Å². The normalized spacial score (nSPS) is 14.7. The van der Waals surface area contributed by atoms with E-state index in [1.165, 1.54) is 12.8 Å². The zero-order chi connectivity index (χ0) is 20.4. The Labute approximate surface area is 168 Å². The van der Waals surface area contributed by atoms with E-state index >= 15 is 0 Å². The average Bonchev–Trinajstić information content (AvgIpc) is 3.17. The molecule has 1 amide bonds. The van der Waals surface area contributed by atoms with Gasteiger partial charge in [0.1, 0.15) is 11.4 Å². The van der Waals surface area contributed by atoms with Crippen LogP contribution in [0.5, 0.6) is 0 Å². The van der Waals surface area contributed by atoms with Gasteiger partial charge in [-0.25, -0.2) is 9.78 Å². The van der Waals surface area contributed by atoms with Crippen LogP contribution in [0.4, 0.5) is 10.6 Å². The average molecular weight is 391 g/mol. The summed E-state index contributed by atoms with van der Waals surface area (Å²) in [6.45, 7) is 9.64. The van der Waals surface area contributed by atoms with E-state index < -0.39 is 5.60 Å². The van der Waals surface area contributed by atoms with Crippen LogP contribution in [0.2, 0.25) is 0 Å². The zero-order valence-corrected chi connectivity index (χ0v) is 17.5. The van der Waals surface area contributed by atoms with Gasteiger partial charge in [-0.05, 0) is 51.7 Å². The first-order valence-electron chi connectivity index (χ1n) is 9.98. The summed E-state index contributed by atoms with van der Waals surface area (Å²) in [5.74, 6) is 1.78. The van der Waals surface area contributed by atoms with Gasteiger partial charge in [0.15, 0.2) is 5.96 Å². The van der Waals surface area contributed by atoms with Crippen LogP contribution >= 0.6 is 0 Å². The van der Waals surface area contributed by atoms with Crippen LogP contribution in [-0.4, -0.2) is 55.9 Å². The zero-order valence-electron chi connectivity index (χ0n) is 17.5. The molecule has 0 bridgehead atoms. The van der Waals surface area contributed by atoms with Crippen LogP contribution < -0.4 is 20.9 Å². The van der Waals surface area contributed by atoms with Gasteiger partial charge in [0.25, 0.3) is 0 Å². The number of nitrogens with zero attached hydrogens (tertiary/aromatic N) is 3. The Morgan fingerprint density at radius 3 is 2.50 bits per heavy atom. The quantitative estimate of drug-likeness (QED) is 0.376. The molecule has 2 rings (SSSR count). The monoisotopic (exact) mass is 390 g/mol. The van der Waals surface area contributed by atoms with Crippen LogP contribution in [-0.2, 0) is 11.3 Å². The third-order valence-corrected chi connectivity index (χ3v) is 4.24. The van der Waals surface area contributed by atoms with Crippen molar-refractivity contribution < 1.29 is 9.53 Å². The molecule has 0 saturated carbocycles. The highest BCUT2D eigenvalue weighted by Crippen LogP contribution is 2.17. The molecule has 0 atom stereocenters. The van der Waals surface area contributed by atoms with Crippen LogP contribution in [0.1, 0.15) is 45.6 Å². The molecule has 0 aromatic carbocycles. The molecule has 0 aliphatic carbocycles. The lowest BCUT2D eigenvalue weighted by Crippen LogP contribution is -2.39. The number of ether oxygens (including phenoxy) is 1. The molecule has 0 radical (unpaired) electrons. The van der Waals surface area contributed by atoms with Gasteiger partial charge in [-0.3, -0.25) is 4.99 Å². The number of carbonyl (C=O) groups excluding carboxylic acids is 1. The summed E-state index contributed by atoms with van der Waals surface area (Å²) < 4.78 is 5.20. The first-order chi connectivity index (χ1) is 13.4. The molecule has 0 unspecified atom stereocenters. The number of amides is 1. The van der Waals surface area contributed by atoms with Crippen LogP contribution in [0.15, 0.2) is 23.3 Å². The fraction of sp³-hybridized carbons (Fsp3) is 0.650. The Kier molecular flexibility index (Phi) is 8.35. The third kappa shape index (κ3) is 8.02. The molecular formula is C20H34N6O2. The summed E-state index contributed by atoms with van der Waals surface area (Å²) in [5.41, 5.74) is 0.632. The molecule has 2 heterocycles. The fourth-order valence-electron chi connectivity index (χ4n) is 2.86. The Hall–Kier alpha value is -2.51. The van der Waals surface area contributed by atoms with E-state index in [0.717, 1.165) is 36.9 Å². The predicted octanol–water partition coefficient (Wildman–Crippen LogP) is 2.26. The van der Waals surface area contributed by atoms with Crippen molar-refractivity contribution in [1.82, 2.24) is 20.9 Å². The number of nitrogens with one attached hydrogen (secondary N) is 3. The Morgan fingerprint density at radius 2 is 1.89 bits per heavy atom. The van der Waals surface area contributed by atoms with Gasteiger partial charge in [-0.1, -0.05) is 6.07 Å². The number of aromatic nitrogens is 1. The summed E-state index contributed by atoms with van der Waals surface area (Å²) in [6, 6.07) is 4.19. The van der Waals surface area contributed by atoms with Crippen molar-refractivity contribution in [2.45, 2.75) is 52.2 Å². The molecule has 1 aliphatic heterocycles. The van der Waals surface area contributed by atoms with Crippen LogP contribution in [0.3, 0.4) is 0 Å². The van der Waals surface area contributed by atoms with Crippen molar-refractivity contribution in [2.24, 2.45) is 4.99 Å². The van der Waals surface area contributed by atoms with Crippen LogP contribution in [0, 0.1) is 0 Å². The standard InChI is InChI=1S/C20H34N6O2/c1-20(2,3)28-19(27)23-11-7-10-22-18(21-4)25-15-16-8-9-17(24-14-16)26-12-5-6-13-26/h8-9,14H,5-7,10-13,15H2,1-4H3,(H,23,27)(H2,21,22,25). The lowest BCUT2D eigenvalue weighted by molar-refractivity contribution is 0.0527. The fourth-order valence-corrected chi connectivity index (χ4v) is 2.86. The summed E-state index contributed by atoms with van der Waals surface area (Å²) in [6.07, 6.45) is 4.80. The number of pyridine rings is 1. The molecule has 8 heteroatoms. The third-order valence-electron chi connectivity index (χ3n) is 4.24. The van der Waals surface area contributed by atoms with Crippen molar-refractivity contribution in [3.8, 4) is 0 Å². The topological polar surface area (TPSA) is 90.9 Å². The number of carbonyl (C=O) groups is 1. The molecule has 28 heavy (non-hydrogen) atoms. The smallest absolute Gasteiger partial charge is 0.407 e. The van der Waals surface area contributed by atoms with Gasteiger partial charge >= 0.3 is 6.09 Å². The first-order valence-corrected chi connectivity index (χ1v) is 9.98. The van der Waals surface area contributed by atoms with Crippen molar-refractivity contribution in [1.29, 1.82) is 0 Å². The Balaban J connectivity index is 1.62. The molecule has 156 valence electrons. The summed E-state index contributed by atoms with van der Waals surface area (Å²) in [7, 11) is 1.74. The van der Waals surface area contributed by atoms with E-state index in [1.54, 1.807) is 7.05 Å². The van der Waals surface area contributed by atoms with E-state index in [1.807, 2.05) is 27.0 Å². The number of aliphatic imine (C=N–C) groups is 1. The van der Waals surface area contributed by atoms with Gasteiger partial charge in [-0.15, -0.1) is 0 Å². The van der Waals surface area contributed by atoms with E-state index in [-0.39, 0.29) is 6.09 Å². The second-order valence-corrected chi connectivity index (χ2v) is 7.85. The summed E-state index contributed by atoms with van der Waals surface area (Å²) in [5, 5.41) is 9.26. The van der Waals surface area contributed by atoms with Crippen molar-refractivity contribution in [3.05, 3.63) is 23.9 Å². The maximum absolute atomic E-state index is 11.6. The molecule has 1 saturated heterocycles. The number of guanidine groups is 1. The van der Waals surface area contributed by atoms with Crippen LogP contribution in [0.25, 0.3) is 0 Å². The lowest BCUT2D eigenvalue weighted by Gasteiger charge is -2.19. The maximum Gasteiger partial charge on any atom is 0.407 e. The number of anilines is 1. The SMILES string of the molecule is CN=C(NCCCNC(=O)OC(C)(C)C)NCc1ccc(N2CCCC2)nc1. The predicted molar refractivity (Wildman–Crippen MR) is 113 cm³/mol. The van der Waals surface area contributed by atoms with E-state index in [0.29, 0.717) is 19.6 Å². The van der Waals surface area contributed by atoms with Gasteiger partial charge in [0.05, 0.1) is 0 Å². The first kappa shape index (κ1) is 21.8. The Morgan fingerprint density at radius 1 is 1.18 bits per heavy atom. The molecule has 1 aliphatic rings. The molecule has 0 spiro atoms. The van der Waals surface area contributed by atoms with E-state index in [9.17, 15) is 4.79 Å².